The van der Waals surface area contributed by atoms with E-state index >= 15 is 0 Å². The average molecular weight is 236 g/mol. The Morgan fingerprint density at radius 2 is 2.29 bits per heavy atom. The van der Waals surface area contributed by atoms with E-state index in [0.29, 0.717) is 25.1 Å². The number of amides is 1. The second-order valence-corrected chi connectivity index (χ2v) is 4.76. The summed E-state index contributed by atoms with van der Waals surface area (Å²) < 4.78 is 0. The topological polar surface area (TPSA) is 73.7 Å². The molecule has 1 atom stereocenters. The third-order valence-electron chi connectivity index (χ3n) is 2.93. The van der Waals surface area contributed by atoms with Crippen LogP contribution in [0.5, 0.6) is 5.75 Å². The van der Waals surface area contributed by atoms with Crippen molar-refractivity contribution >= 4 is 5.91 Å². The van der Waals surface area contributed by atoms with Gasteiger partial charge in [0.2, 0.25) is 0 Å². The number of aromatic nitrogens is 1. The zero-order valence-corrected chi connectivity index (χ0v) is 9.76. The first-order chi connectivity index (χ1) is 7.98. The predicted molar refractivity (Wildman–Crippen MR) is 61.7 cm³/mol. The molecule has 1 amide bonds. The minimum Gasteiger partial charge on any atom is -0.506 e. The van der Waals surface area contributed by atoms with Gasteiger partial charge in [0.05, 0.1) is 17.4 Å². The number of nitrogens with zero attached hydrogens (tertiary/aromatic N) is 2. The molecule has 2 N–H and O–H groups in total. The highest BCUT2D eigenvalue weighted by atomic mass is 16.3. The lowest BCUT2D eigenvalue weighted by Crippen LogP contribution is -2.48. The van der Waals surface area contributed by atoms with Crippen LogP contribution < -0.4 is 0 Å². The highest BCUT2D eigenvalue weighted by Crippen LogP contribution is 2.22. The number of β-amino-alcohol motifs (C(OH)–C–C–N with tert-alkyl or cyclic N) is 1. The van der Waals surface area contributed by atoms with Crippen molar-refractivity contribution in [1.82, 2.24) is 9.88 Å². The molecule has 0 aliphatic carbocycles. The lowest BCUT2D eigenvalue weighted by Gasteiger charge is -2.36. The molecule has 5 nitrogen and oxygen atoms in total. The third kappa shape index (κ3) is 2.74. The third-order valence-corrected chi connectivity index (χ3v) is 2.93. The van der Waals surface area contributed by atoms with E-state index in [9.17, 15) is 15.0 Å². The second kappa shape index (κ2) is 4.33. The number of carbonyl (C=O) groups excluding carboxylic acids is 1. The van der Waals surface area contributed by atoms with Crippen LogP contribution in [0.25, 0.3) is 0 Å². The molecule has 17 heavy (non-hydrogen) atoms. The van der Waals surface area contributed by atoms with Crippen molar-refractivity contribution in [1.29, 1.82) is 0 Å². The first-order valence-corrected chi connectivity index (χ1v) is 5.64. The minimum atomic E-state index is -0.821. The van der Waals surface area contributed by atoms with Crippen molar-refractivity contribution in [3.8, 4) is 5.75 Å². The standard InChI is InChI=1S/C12H16N2O3/c1-12(17)3-2-4-14(8-12)11(16)9-5-10(15)7-13-6-9/h5-7,15,17H,2-4,8H2,1H3. The summed E-state index contributed by atoms with van der Waals surface area (Å²) >= 11 is 0. The van der Waals surface area contributed by atoms with Crippen LogP contribution in [0.1, 0.15) is 30.1 Å². The van der Waals surface area contributed by atoms with E-state index in [4.69, 9.17) is 0 Å². The Balaban J connectivity index is 2.15. The first kappa shape index (κ1) is 11.9. The molecule has 2 heterocycles. The van der Waals surface area contributed by atoms with Gasteiger partial charge in [-0.1, -0.05) is 0 Å². The molecule has 0 bridgehead atoms. The van der Waals surface area contributed by atoms with Crippen LogP contribution in [-0.4, -0.2) is 44.7 Å². The Hall–Kier alpha value is -1.62. The zero-order valence-electron chi connectivity index (χ0n) is 9.76. The Kier molecular flexibility index (Phi) is 3.02. The van der Waals surface area contributed by atoms with Gasteiger partial charge in [-0.2, -0.15) is 0 Å². The lowest BCUT2D eigenvalue weighted by molar-refractivity contribution is -0.0107. The van der Waals surface area contributed by atoms with Gasteiger partial charge in [0.25, 0.3) is 5.91 Å². The van der Waals surface area contributed by atoms with Crippen molar-refractivity contribution < 1.29 is 15.0 Å². The van der Waals surface area contributed by atoms with Crippen molar-refractivity contribution in [3.05, 3.63) is 24.0 Å². The molecule has 5 heteroatoms. The number of rotatable bonds is 1. The summed E-state index contributed by atoms with van der Waals surface area (Å²) in [5.74, 6) is -0.229. The molecule has 0 saturated carbocycles. The van der Waals surface area contributed by atoms with Gasteiger partial charge in [-0.3, -0.25) is 9.78 Å². The first-order valence-electron chi connectivity index (χ1n) is 5.64. The molecule has 0 radical (unpaired) electrons. The van der Waals surface area contributed by atoms with Gasteiger partial charge >= 0.3 is 0 Å². The SMILES string of the molecule is CC1(O)CCCN(C(=O)c2cncc(O)c2)C1. The van der Waals surface area contributed by atoms with E-state index in [-0.39, 0.29) is 11.7 Å². The zero-order chi connectivity index (χ0) is 12.5. The molecular formula is C12H16N2O3. The van der Waals surface area contributed by atoms with Crippen LogP contribution >= 0.6 is 0 Å². The highest BCUT2D eigenvalue weighted by molar-refractivity contribution is 5.94. The smallest absolute Gasteiger partial charge is 0.255 e. The Morgan fingerprint density at radius 1 is 1.53 bits per heavy atom. The van der Waals surface area contributed by atoms with Gasteiger partial charge in [-0.25, -0.2) is 0 Å². The van der Waals surface area contributed by atoms with E-state index in [2.05, 4.69) is 4.98 Å². The number of hydrogen-bond donors (Lipinski definition) is 2. The van der Waals surface area contributed by atoms with Crippen LogP contribution in [0.15, 0.2) is 18.5 Å². The fraction of sp³-hybridized carbons (Fsp3) is 0.500. The molecule has 92 valence electrons. The van der Waals surface area contributed by atoms with Gasteiger partial charge in [-0.05, 0) is 25.8 Å². The summed E-state index contributed by atoms with van der Waals surface area (Å²) in [7, 11) is 0. The normalized spacial score (nSPS) is 24.7. The molecule has 1 fully saturated rings. The summed E-state index contributed by atoms with van der Waals surface area (Å²) in [5, 5.41) is 19.2. The fourth-order valence-corrected chi connectivity index (χ4v) is 2.12. The maximum Gasteiger partial charge on any atom is 0.255 e. The quantitative estimate of drug-likeness (QED) is 0.755. The molecule has 1 saturated heterocycles. The van der Waals surface area contributed by atoms with Crippen LogP contribution in [0.3, 0.4) is 0 Å². The predicted octanol–water partition coefficient (Wildman–Crippen LogP) is 0.774. The number of likely N-dealkylation sites (tertiary alicyclic amines) is 1. The van der Waals surface area contributed by atoms with Gasteiger partial charge < -0.3 is 15.1 Å². The molecular weight excluding hydrogens is 220 g/mol. The number of carbonyl (C=O) groups is 1. The minimum absolute atomic E-state index is 0.0281. The summed E-state index contributed by atoms with van der Waals surface area (Å²) in [6.45, 7) is 2.68. The van der Waals surface area contributed by atoms with Crippen molar-refractivity contribution in [2.45, 2.75) is 25.4 Å². The van der Waals surface area contributed by atoms with Crippen LogP contribution in [-0.2, 0) is 0 Å². The van der Waals surface area contributed by atoms with Gasteiger partial charge in [-0.15, -0.1) is 0 Å². The Bertz CT molecular complexity index is 432. The monoisotopic (exact) mass is 236 g/mol. The van der Waals surface area contributed by atoms with Crippen molar-refractivity contribution in [2.24, 2.45) is 0 Å². The number of piperidine rings is 1. The van der Waals surface area contributed by atoms with Gasteiger partial charge in [0.1, 0.15) is 5.75 Å². The number of aliphatic hydroxyl groups is 1. The molecule has 0 spiro atoms. The molecule has 2 rings (SSSR count). The maximum atomic E-state index is 12.1. The molecule has 1 aliphatic heterocycles. The van der Waals surface area contributed by atoms with E-state index in [1.165, 1.54) is 18.5 Å². The van der Waals surface area contributed by atoms with Crippen molar-refractivity contribution in [3.63, 3.8) is 0 Å². The average Bonchev–Trinajstić information content (AvgIpc) is 2.26. The van der Waals surface area contributed by atoms with Crippen molar-refractivity contribution in [2.75, 3.05) is 13.1 Å². The Morgan fingerprint density at radius 3 is 2.94 bits per heavy atom. The van der Waals surface area contributed by atoms with Gasteiger partial charge in [0.15, 0.2) is 0 Å². The highest BCUT2D eigenvalue weighted by Gasteiger charge is 2.31. The molecule has 0 aromatic carbocycles. The van der Waals surface area contributed by atoms with Crippen LogP contribution in [0, 0.1) is 0 Å². The van der Waals surface area contributed by atoms with Gasteiger partial charge in [0, 0.05) is 19.3 Å². The Labute approximate surface area is 99.7 Å². The van der Waals surface area contributed by atoms with E-state index in [1.807, 2.05) is 0 Å². The second-order valence-electron chi connectivity index (χ2n) is 4.76. The number of aromatic hydroxyl groups is 1. The lowest BCUT2D eigenvalue weighted by atomic mass is 9.95. The molecule has 1 aliphatic rings. The fourth-order valence-electron chi connectivity index (χ4n) is 2.12. The van der Waals surface area contributed by atoms with Crippen LogP contribution in [0.2, 0.25) is 0 Å². The molecule has 1 aromatic rings. The maximum absolute atomic E-state index is 12.1. The summed E-state index contributed by atoms with van der Waals surface area (Å²) in [4.78, 5) is 17.5. The van der Waals surface area contributed by atoms with Crippen LogP contribution in [0.4, 0.5) is 0 Å². The summed E-state index contributed by atoms with van der Waals surface area (Å²) in [5.41, 5.74) is -0.472. The molecule has 1 aromatic heterocycles. The number of hydrogen-bond acceptors (Lipinski definition) is 4. The molecule has 1 unspecified atom stereocenters. The summed E-state index contributed by atoms with van der Waals surface area (Å²) in [6, 6.07) is 1.39. The van der Waals surface area contributed by atoms with E-state index < -0.39 is 5.60 Å². The largest absolute Gasteiger partial charge is 0.506 e. The summed E-state index contributed by atoms with van der Waals surface area (Å²) in [6.07, 6.45) is 4.19. The van der Waals surface area contributed by atoms with E-state index in [0.717, 1.165) is 6.42 Å². The number of pyridine rings is 1. The van der Waals surface area contributed by atoms with E-state index in [1.54, 1.807) is 11.8 Å².